The molecule has 2 heterocycles. The second-order valence-corrected chi connectivity index (χ2v) is 7.54. The van der Waals surface area contributed by atoms with E-state index in [1.54, 1.807) is 12.4 Å². The van der Waals surface area contributed by atoms with Gasteiger partial charge in [0.15, 0.2) is 0 Å². The number of fused-ring (bicyclic) bond motifs is 1. The number of nitrogens with two attached hydrogens (primary N) is 1. The van der Waals surface area contributed by atoms with Gasteiger partial charge in [0.2, 0.25) is 5.95 Å². The van der Waals surface area contributed by atoms with E-state index in [0.717, 1.165) is 11.1 Å². The van der Waals surface area contributed by atoms with Crippen molar-refractivity contribution in [2.45, 2.75) is 31.6 Å². The Morgan fingerprint density at radius 2 is 1.81 bits per heavy atom. The van der Waals surface area contributed by atoms with Crippen molar-refractivity contribution >= 4 is 16.9 Å². The predicted molar refractivity (Wildman–Crippen MR) is 110 cm³/mol. The van der Waals surface area contributed by atoms with Crippen LogP contribution in [0.3, 0.4) is 0 Å². The van der Waals surface area contributed by atoms with Crippen molar-refractivity contribution in [2.24, 2.45) is 0 Å². The Hall–Kier alpha value is -3.14. The maximum absolute atomic E-state index is 5.62. The van der Waals surface area contributed by atoms with Crippen LogP contribution in [0.4, 0.5) is 5.95 Å². The Kier molecular flexibility index (Phi) is 3.54. The zero-order valence-corrected chi connectivity index (χ0v) is 15.4. The van der Waals surface area contributed by atoms with Crippen molar-refractivity contribution in [2.75, 3.05) is 5.73 Å². The fourth-order valence-electron chi connectivity index (χ4n) is 4.47. The molecule has 5 rings (SSSR count). The minimum Gasteiger partial charge on any atom is -0.368 e. The summed E-state index contributed by atoms with van der Waals surface area (Å²) >= 11 is 0. The van der Waals surface area contributed by atoms with Crippen LogP contribution in [0.1, 0.15) is 36.0 Å². The van der Waals surface area contributed by atoms with Crippen molar-refractivity contribution in [3.8, 4) is 11.1 Å². The highest BCUT2D eigenvalue weighted by Gasteiger charge is 2.42. The lowest BCUT2D eigenvalue weighted by Gasteiger charge is -2.43. The van der Waals surface area contributed by atoms with Gasteiger partial charge in [-0.2, -0.15) is 0 Å². The van der Waals surface area contributed by atoms with E-state index in [1.807, 2.05) is 0 Å². The van der Waals surface area contributed by atoms with Gasteiger partial charge in [-0.25, -0.2) is 9.97 Å². The first-order chi connectivity index (χ1) is 13.2. The Balaban J connectivity index is 1.60. The van der Waals surface area contributed by atoms with Gasteiger partial charge in [0, 0.05) is 40.5 Å². The number of hydrogen-bond acceptors (Lipinski definition) is 3. The topological polar surface area (TPSA) is 67.6 Å². The number of H-pyrrole nitrogens is 1. The third kappa shape index (κ3) is 2.44. The van der Waals surface area contributed by atoms with Crippen LogP contribution in [-0.4, -0.2) is 15.0 Å². The van der Waals surface area contributed by atoms with Gasteiger partial charge >= 0.3 is 0 Å². The Labute approximate surface area is 158 Å². The molecule has 0 unspecified atom stereocenters. The lowest BCUT2D eigenvalue weighted by Crippen LogP contribution is -2.35. The summed E-state index contributed by atoms with van der Waals surface area (Å²) in [5.41, 5.74) is 13.2. The smallest absolute Gasteiger partial charge is 0.219 e. The van der Waals surface area contributed by atoms with Crippen LogP contribution in [-0.2, 0) is 5.41 Å². The number of aryl methyl sites for hydroxylation is 1. The molecule has 0 saturated heterocycles. The fraction of sp³-hybridized carbons (Fsp3) is 0.217. The molecular weight excluding hydrogens is 332 g/mol. The molecule has 0 bridgehead atoms. The van der Waals surface area contributed by atoms with Crippen LogP contribution in [0, 0.1) is 6.92 Å². The van der Waals surface area contributed by atoms with Crippen molar-refractivity contribution in [1.29, 1.82) is 0 Å². The van der Waals surface area contributed by atoms with Gasteiger partial charge < -0.3 is 10.7 Å². The van der Waals surface area contributed by atoms with E-state index in [9.17, 15) is 0 Å². The van der Waals surface area contributed by atoms with Crippen molar-refractivity contribution in [1.82, 2.24) is 15.0 Å². The molecule has 0 amide bonds. The predicted octanol–water partition coefficient (Wildman–Crippen LogP) is 4.99. The molecule has 27 heavy (non-hydrogen) atoms. The first kappa shape index (κ1) is 16.1. The summed E-state index contributed by atoms with van der Waals surface area (Å²) in [6.07, 6.45) is 9.45. The molecule has 1 fully saturated rings. The van der Waals surface area contributed by atoms with Gasteiger partial charge in [-0.1, -0.05) is 42.8 Å². The highest BCUT2D eigenvalue weighted by Crippen LogP contribution is 2.51. The summed E-state index contributed by atoms with van der Waals surface area (Å²) in [4.78, 5) is 11.7. The molecule has 0 aliphatic heterocycles. The molecule has 0 spiro atoms. The summed E-state index contributed by atoms with van der Waals surface area (Å²) in [5, 5.41) is 1.34. The van der Waals surface area contributed by atoms with Crippen LogP contribution >= 0.6 is 0 Å². The normalized spacial score (nSPS) is 15.6. The summed E-state index contributed by atoms with van der Waals surface area (Å²) in [7, 11) is 0. The molecule has 4 heteroatoms. The van der Waals surface area contributed by atoms with Crippen LogP contribution in [0.5, 0.6) is 0 Å². The van der Waals surface area contributed by atoms with Gasteiger partial charge in [0.25, 0.3) is 0 Å². The molecule has 134 valence electrons. The van der Waals surface area contributed by atoms with E-state index >= 15 is 0 Å². The second-order valence-electron chi connectivity index (χ2n) is 7.54. The maximum atomic E-state index is 5.62. The lowest BCUT2D eigenvalue weighted by atomic mass is 9.60. The number of rotatable bonds is 3. The molecular formula is C23H22N4. The summed E-state index contributed by atoms with van der Waals surface area (Å²) in [5.74, 6) is 0.306. The standard InChI is InChI=1S/C23H22N4/c1-15-11-17(7-8-18(15)16-12-26-22(24)27-13-16)23(9-4-10-23)20-14-25-21-6-3-2-5-19(20)21/h2-3,5-8,11-14,25H,4,9-10H2,1H3,(H2,24,26,27). The van der Waals surface area contributed by atoms with Crippen LogP contribution in [0.15, 0.2) is 61.1 Å². The van der Waals surface area contributed by atoms with E-state index in [-0.39, 0.29) is 5.41 Å². The second kappa shape index (κ2) is 5.95. The molecule has 0 radical (unpaired) electrons. The number of aromatic nitrogens is 3. The number of hydrogen-bond donors (Lipinski definition) is 2. The van der Waals surface area contributed by atoms with Crippen LogP contribution in [0.2, 0.25) is 0 Å². The molecule has 1 aliphatic rings. The number of para-hydroxylation sites is 1. The summed E-state index contributed by atoms with van der Waals surface area (Å²) < 4.78 is 0. The SMILES string of the molecule is Cc1cc(C2(c3c[nH]c4ccccc34)CCC2)ccc1-c1cnc(N)nc1. The highest BCUT2D eigenvalue weighted by molar-refractivity contribution is 5.85. The number of nitrogen functional groups attached to an aromatic ring is 1. The van der Waals surface area contributed by atoms with Gasteiger partial charge in [0.05, 0.1) is 0 Å². The van der Waals surface area contributed by atoms with Crippen LogP contribution < -0.4 is 5.73 Å². The minimum atomic E-state index is 0.112. The Bertz CT molecular complexity index is 1120. The van der Waals surface area contributed by atoms with E-state index in [4.69, 9.17) is 5.73 Å². The molecule has 4 aromatic rings. The number of anilines is 1. The first-order valence-corrected chi connectivity index (χ1v) is 9.43. The largest absolute Gasteiger partial charge is 0.368 e. The average molecular weight is 354 g/mol. The third-order valence-electron chi connectivity index (χ3n) is 6.07. The molecule has 1 saturated carbocycles. The number of aromatic amines is 1. The number of benzene rings is 2. The number of nitrogens with one attached hydrogen (secondary N) is 1. The zero-order chi connectivity index (χ0) is 18.4. The van der Waals surface area contributed by atoms with Crippen molar-refractivity contribution < 1.29 is 0 Å². The number of nitrogens with zero attached hydrogens (tertiary/aromatic N) is 2. The van der Waals surface area contributed by atoms with E-state index in [1.165, 1.54) is 46.9 Å². The quantitative estimate of drug-likeness (QED) is 0.545. The summed E-state index contributed by atoms with van der Waals surface area (Å²) in [6, 6.07) is 15.4. The van der Waals surface area contributed by atoms with Gasteiger partial charge in [0.1, 0.15) is 0 Å². The molecule has 4 nitrogen and oxygen atoms in total. The highest BCUT2D eigenvalue weighted by atomic mass is 15.0. The van der Waals surface area contributed by atoms with E-state index < -0.39 is 0 Å². The third-order valence-corrected chi connectivity index (χ3v) is 6.07. The van der Waals surface area contributed by atoms with Crippen molar-refractivity contribution in [3.63, 3.8) is 0 Å². The zero-order valence-electron chi connectivity index (χ0n) is 15.4. The monoisotopic (exact) mass is 354 g/mol. The van der Waals surface area contributed by atoms with Gasteiger partial charge in [-0.3, -0.25) is 0 Å². The molecule has 2 aromatic heterocycles. The minimum absolute atomic E-state index is 0.112. The van der Waals surface area contributed by atoms with Crippen molar-refractivity contribution in [3.05, 3.63) is 77.7 Å². The van der Waals surface area contributed by atoms with E-state index in [2.05, 4.69) is 70.5 Å². The first-order valence-electron chi connectivity index (χ1n) is 9.43. The average Bonchev–Trinajstić information content (AvgIpc) is 3.07. The maximum Gasteiger partial charge on any atom is 0.219 e. The van der Waals surface area contributed by atoms with Crippen LogP contribution in [0.25, 0.3) is 22.0 Å². The van der Waals surface area contributed by atoms with Gasteiger partial charge in [-0.05, 0) is 48.1 Å². The Morgan fingerprint density at radius 1 is 1.04 bits per heavy atom. The molecule has 1 aliphatic carbocycles. The molecule has 3 N–H and O–H groups in total. The lowest BCUT2D eigenvalue weighted by molar-refractivity contribution is 0.304. The van der Waals surface area contributed by atoms with E-state index in [0.29, 0.717) is 5.95 Å². The Morgan fingerprint density at radius 3 is 2.52 bits per heavy atom. The molecule has 2 aromatic carbocycles. The fourth-order valence-corrected chi connectivity index (χ4v) is 4.47. The molecule has 0 atom stereocenters. The van der Waals surface area contributed by atoms with Gasteiger partial charge in [-0.15, -0.1) is 0 Å². The summed E-state index contributed by atoms with van der Waals surface area (Å²) in [6.45, 7) is 2.16.